The summed E-state index contributed by atoms with van der Waals surface area (Å²) in [4.78, 5) is 4.42. The van der Waals surface area contributed by atoms with Gasteiger partial charge in [-0.3, -0.25) is 4.68 Å². The second-order valence-electron chi connectivity index (χ2n) is 3.39. The molecule has 0 fully saturated rings. The molecule has 0 spiro atoms. The molecular weight excluding hydrogens is 224 g/mol. The Hall–Kier alpha value is -1.40. The number of hydrogen-bond donors (Lipinski definition) is 1. The summed E-state index contributed by atoms with van der Waals surface area (Å²) < 4.78 is 6.78. The summed E-state index contributed by atoms with van der Waals surface area (Å²) in [5.74, 6) is 0.865. The third-order valence-corrected chi connectivity index (χ3v) is 2.90. The molecule has 0 amide bonds. The molecule has 0 aliphatic carbocycles. The lowest BCUT2D eigenvalue weighted by atomic mass is 10.5. The Labute approximate surface area is 98.1 Å². The van der Waals surface area contributed by atoms with Gasteiger partial charge in [-0.2, -0.15) is 5.10 Å². The van der Waals surface area contributed by atoms with E-state index in [1.807, 2.05) is 24.7 Å². The molecule has 0 aliphatic heterocycles. The van der Waals surface area contributed by atoms with E-state index in [0.29, 0.717) is 13.2 Å². The third kappa shape index (κ3) is 2.80. The summed E-state index contributed by atoms with van der Waals surface area (Å²) >= 11 is 1.61. The highest BCUT2D eigenvalue weighted by atomic mass is 32.1. The zero-order valence-corrected chi connectivity index (χ0v) is 10.1. The minimum absolute atomic E-state index is 0.578. The lowest BCUT2D eigenvalue weighted by molar-refractivity contribution is 0.184. The first-order valence-corrected chi connectivity index (χ1v) is 5.81. The van der Waals surface area contributed by atoms with Crippen molar-refractivity contribution >= 4 is 17.2 Å². The average Bonchev–Trinajstić information content (AvgIpc) is 2.85. The molecule has 0 bridgehead atoms. The van der Waals surface area contributed by atoms with Crippen LogP contribution in [0.3, 0.4) is 0 Å². The Morgan fingerprint density at radius 1 is 1.56 bits per heavy atom. The molecule has 0 unspecified atom stereocenters. The van der Waals surface area contributed by atoms with E-state index in [-0.39, 0.29) is 0 Å². The third-order valence-electron chi connectivity index (χ3n) is 2.03. The smallest absolute Gasteiger partial charge is 0.148 e. The molecule has 5 nitrogen and oxygen atoms in total. The van der Waals surface area contributed by atoms with Crippen molar-refractivity contribution in [1.29, 1.82) is 0 Å². The van der Waals surface area contributed by atoms with Crippen molar-refractivity contribution in [2.75, 3.05) is 12.4 Å². The SMILES string of the molecule is COCc1nc(CNc2ccn(C)n2)cs1. The van der Waals surface area contributed by atoms with Crippen LogP contribution in [0.5, 0.6) is 0 Å². The van der Waals surface area contributed by atoms with Crippen LogP contribution in [0, 0.1) is 0 Å². The van der Waals surface area contributed by atoms with E-state index in [4.69, 9.17) is 4.74 Å². The van der Waals surface area contributed by atoms with Crippen molar-refractivity contribution in [3.05, 3.63) is 28.3 Å². The minimum atomic E-state index is 0.578. The Morgan fingerprint density at radius 2 is 2.44 bits per heavy atom. The van der Waals surface area contributed by atoms with Crippen LogP contribution in [-0.2, 0) is 24.9 Å². The maximum atomic E-state index is 5.02. The van der Waals surface area contributed by atoms with Gasteiger partial charge in [0.1, 0.15) is 10.8 Å². The van der Waals surface area contributed by atoms with Crippen LogP contribution in [0.25, 0.3) is 0 Å². The molecule has 0 atom stereocenters. The fourth-order valence-corrected chi connectivity index (χ4v) is 2.07. The quantitative estimate of drug-likeness (QED) is 0.860. The van der Waals surface area contributed by atoms with Crippen LogP contribution in [-0.4, -0.2) is 21.9 Å². The molecule has 2 heterocycles. The Morgan fingerprint density at radius 3 is 3.12 bits per heavy atom. The molecule has 0 saturated heterocycles. The number of hydrogen-bond acceptors (Lipinski definition) is 5. The number of ether oxygens (including phenoxy) is 1. The van der Waals surface area contributed by atoms with Gasteiger partial charge in [0.15, 0.2) is 0 Å². The van der Waals surface area contributed by atoms with Gasteiger partial charge in [-0.05, 0) is 0 Å². The molecule has 2 aromatic rings. The van der Waals surface area contributed by atoms with Crippen molar-refractivity contribution < 1.29 is 4.74 Å². The molecule has 0 radical (unpaired) electrons. The molecule has 6 heteroatoms. The first-order valence-electron chi connectivity index (χ1n) is 4.93. The summed E-state index contributed by atoms with van der Waals surface area (Å²) in [6.45, 7) is 1.27. The predicted octanol–water partition coefficient (Wildman–Crippen LogP) is 1.64. The topological polar surface area (TPSA) is 52.0 Å². The van der Waals surface area contributed by atoms with E-state index in [1.54, 1.807) is 23.1 Å². The van der Waals surface area contributed by atoms with Gasteiger partial charge in [0.05, 0.1) is 18.8 Å². The number of nitrogens with zero attached hydrogens (tertiary/aromatic N) is 3. The van der Waals surface area contributed by atoms with Crippen molar-refractivity contribution in [3.8, 4) is 0 Å². The van der Waals surface area contributed by atoms with Gasteiger partial charge in [0, 0.05) is 31.8 Å². The number of aryl methyl sites for hydroxylation is 1. The highest BCUT2D eigenvalue weighted by Crippen LogP contribution is 2.12. The van der Waals surface area contributed by atoms with Crippen LogP contribution in [0.2, 0.25) is 0 Å². The van der Waals surface area contributed by atoms with E-state index in [9.17, 15) is 0 Å². The van der Waals surface area contributed by atoms with Crippen molar-refractivity contribution in [1.82, 2.24) is 14.8 Å². The first-order chi connectivity index (χ1) is 7.78. The van der Waals surface area contributed by atoms with Gasteiger partial charge in [-0.1, -0.05) is 0 Å². The lowest BCUT2D eigenvalue weighted by Crippen LogP contribution is -2.01. The fraction of sp³-hybridized carbons (Fsp3) is 0.400. The maximum absolute atomic E-state index is 5.02. The monoisotopic (exact) mass is 238 g/mol. The summed E-state index contributed by atoms with van der Waals surface area (Å²) in [5, 5.41) is 10.5. The van der Waals surface area contributed by atoms with E-state index < -0.39 is 0 Å². The van der Waals surface area contributed by atoms with Gasteiger partial charge >= 0.3 is 0 Å². The van der Waals surface area contributed by atoms with Gasteiger partial charge in [-0.15, -0.1) is 11.3 Å². The Bertz CT molecular complexity index is 451. The van der Waals surface area contributed by atoms with E-state index in [0.717, 1.165) is 16.5 Å². The van der Waals surface area contributed by atoms with Crippen LogP contribution in [0.4, 0.5) is 5.82 Å². The van der Waals surface area contributed by atoms with Gasteiger partial charge < -0.3 is 10.1 Å². The normalized spacial score (nSPS) is 10.6. The number of thiazole rings is 1. The Balaban J connectivity index is 1.89. The molecule has 0 saturated carbocycles. The number of aromatic nitrogens is 3. The van der Waals surface area contributed by atoms with E-state index in [1.165, 1.54) is 0 Å². The van der Waals surface area contributed by atoms with E-state index in [2.05, 4.69) is 15.4 Å². The highest BCUT2D eigenvalue weighted by Gasteiger charge is 2.02. The van der Waals surface area contributed by atoms with E-state index >= 15 is 0 Å². The number of nitrogens with one attached hydrogen (secondary N) is 1. The van der Waals surface area contributed by atoms with Crippen LogP contribution in [0.1, 0.15) is 10.7 Å². The second kappa shape index (κ2) is 5.09. The number of anilines is 1. The highest BCUT2D eigenvalue weighted by molar-refractivity contribution is 7.09. The van der Waals surface area contributed by atoms with Crippen molar-refractivity contribution in [2.24, 2.45) is 7.05 Å². The summed E-state index contributed by atoms with van der Waals surface area (Å²) in [6.07, 6.45) is 1.90. The molecule has 0 aromatic carbocycles. The molecule has 16 heavy (non-hydrogen) atoms. The lowest BCUT2D eigenvalue weighted by Gasteiger charge is -1.98. The average molecular weight is 238 g/mol. The van der Waals surface area contributed by atoms with Crippen LogP contribution < -0.4 is 5.32 Å². The first kappa shape index (κ1) is 11.1. The molecule has 0 aliphatic rings. The number of rotatable bonds is 5. The molecule has 86 valence electrons. The van der Waals surface area contributed by atoms with Crippen LogP contribution in [0.15, 0.2) is 17.6 Å². The van der Waals surface area contributed by atoms with Crippen LogP contribution >= 0.6 is 11.3 Å². The fourth-order valence-electron chi connectivity index (χ4n) is 1.31. The maximum Gasteiger partial charge on any atom is 0.148 e. The zero-order valence-electron chi connectivity index (χ0n) is 9.30. The standard InChI is InChI=1S/C10H14N4OS/c1-14-4-3-9(13-14)11-5-8-7-16-10(12-8)6-15-2/h3-4,7H,5-6H2,1-2H3,(H,11,13). The summed E-state index contributed by atoms with van der Waals surface area (Å²) in [6, 6.07) is 1.93. The zero-order chi connectivity index (χ0) is 11.4. The predicted molar refractivity (Wildman–Crippen MR) is 63.4 cm³/mol. The van der Waals surface area contributed by atoms with Crippen molar-refractivity contribution in [2.45, 2.75) is 13.2 Å². The molecule has 2 rings (SSSR count). The Kier molecular flexibility index (Phi) is 3.53. The minimum Gasteiger partial charge on any atom is -0.378 e. The van der Waals surface area contributed by atoms with Gasteiger partial charge in [0.25, 0.3) is 0 Å². The van der Waals surface area contributed by atoms with Gasteiger partial charge in [0.2, 0.25) is 0 Å². The summed E-state index contributed by atoms with van der Waals surface area (Å²) in [5.41, 5.74) is 1.02. The molecule has 2 aromatic heterocycles. The van der Waals surface area contributed by atoms with Gasteiger partial charge in [-0.25, -0.2) is 4.98 Å². The molecular formula is C10H14N4OS. The largest absolute Gasteiger partial charge is 0.378 e. The number of methoxy groups -OCH3 is 1. The summed E-state index contributed by atoms with van der Waals surface area (Å²) in [7, 11) is 3.57. The molecule has 1 N–H and O–H groups in total. The van der Waals surface area contributed by atoms with Crippen molar-refractivity contribution in [3.63, 3.8) is 0 Å². The second-order valence-corrected chi connectivity index (χ2v) is 4.34.